The molecular formula is C7H16N2O2+. The van der Waals surface area contributed by atoms with Crippen LogP contribution >= 0.6 is 0 Å². The van der Waals surface area contributed by atoms with Gasteiger partial charge < -0.3 is 14.9 Å². The van der Waals surface area contributed by atoms with Gasteiger partial charge in [0.15, 0.2) is 0 Å². The maximum absolute atomic E-state index is 9.76. The number of amides is 1. The van der Waals surface area contributed by atoms with E-state index >= 15 is 0 Å². The van der Waals surface area contributed by atoms with Gasteiger partial charge in [0.25, 0.3) is 0 Å². The smallest absolute Gasteiger partial charge is 0.309 e. The number of hydrogen-bond acceptors (Lipinski definition) is 2. The van der Waals surface area contributed by atoms with Gasteiger partial charge in [-0.15, -0.1) is 0 Å². The number of aliphatic hydroxyl groups excluding tert-OH is 1. The molecule has 1 radical (unpaired) electrons. The summed E-state index contributed by atoms with van der Waals surface area (Å²) in [4.78, 5) is 9.76. The van der Waals surface area contributed by atoms with E-state index in [0.29, 0.717) is 17.6 Å². The first-order chi connectivity index (χ1) is 5.12. The average molecular weight is 160 g/mol. The summed E-state index contributed by atoms with van der Waals surface area (Å²) in [5.41, 5.74) is 0. The van der Waals surface area contributed by atoms with Crippen molar-refractivity contribution in [3.05, 3.63) is 0 Å². The van der Waals surface area contributed by atoms with E-state index in [0.717, 1.165) is 6.54 Å². The fourth-order valence-electron chi connectivity index (χ4n) is 0.792. The van der Waals surface area contributed by atoms with Gasteiger partial charge in [-0.1, -0.05) is 0 Å². The van der Waals surface area contributed by atoms with E-state index in [4.69, 9.17) is 5.11 Å². The van der Waals surface area contributed by atoms with Gasteiger partial charge in [-0.05, 0) is 0 Å². The van der Waals surface area contributed by atoms with Gasteiger partial charge in [0.2, 0.25) is 0 Å². The summed E-state index contributed by atoms with van der Waals surface area (Å²) < 4.78 is 0.713. The van der Waals surface area contributed by atoms with Crippen molar-refractivity contribution in [3.8, 4) is 0 Å². The van der Waals surface area contributed by atoms with Crippen molar-refractivity contribution in [2.45, 2.75) is 0 Å². The Morgan fingerprint density at radius 1 is 1.45 bits per heavy atom. The van der Waals surface area contributed by atoms with Crippen LogP contribution in [0.5, 0.6) is 0 Å². The zero-order valence-corrected chi connectivity index (χ0v) is 7.13. The summed E-state index contributed by atoms with van der Waals surface area (Å²) in [7, 11) is 4.01. The van der Waals surface area contributed by atoms with Crippen LogP contribution in [0, 0.1) is 0 Å². The van der Waals surface area contributed by atoms with Gasteiger partial charge in [0.1, 0.15) is 6.54 Å². The number of carbonyl (C=O) groups excluding carboxylic acids is 1. The molecule has 0 aliphatic rings. The number of nitrogens with one attached hydrogen (secondary N) is 1. The zero-order chi connectivity index (χ0) is 8.74. The minimum absolute atomic E-state index is 0.178. The van der Waals surface area contributed by atoms with Crippen LogP contribution in [-0.4, -0.2) is 56.3 Å². The molecule has 2 N–H and O–H groups in total. The van der Waals surface area contributed by atoms with Crippen molar-refractivity contribution >= 4 is 6.41 Å². The minimum Gasteiger partial charge on any atom is -0.391 e. The highest BCUT2D eigenvalue weighted by Crippen LogP contribution is 1.92. The predicted molar refractivity (Wildman–Crippen MR) is 42.6 cm³/mol. The maximum Gasteiger partial charge on any atom is 0.309 e. The average Bonchev–Trinajstić information content (AvgIpc) is 1.87. The number of rotatable bonds is 6. The van der Waals surface area contributed by atoms with Crippen LogP contribution in [-0.2, 0) is 4.79 Å². The second-order valence-corrected chi connectivity index (χ2v) is 3.14. The molecule has 0 aliphatic carbocycles. The molecule has 0 heterocycles. The standard InChI is InChI=1S/C7H16N2O2/c1-9(2,5-6-10)4-3-8-7-11/h10H,3-6H2,1-2H3,(H,8,11)/q+1. The molecule has 0 saturated carbocycles. The van der Waals surface area contributed by atoms with Crippen molar-refractivity contribution in [3.63, 3.8) is 0 Å². The highest BCUT2D eigenvalue weighted by molar-refractivity contribution is 5.46. The van der Waals surface area contributed by atoms with E-state index < -0.39 is 0 Å². The van der Waals surface area contributed by atoms with Crippen molar-refractivity contribution < 1.29 is 14.4 Å². The van der Waals surface area contributed by atoms with E-state index in [1.807, 2.05) is 14.1 Å². The highest BCUT2D eigenvalue weighted by atomic mass is 16.3. The first-order valence-electron chi connectivity index (χ1n) is 3.65. The first-order valence-corrected chi connectivity index (χ1v) is 3.65. The lowest BCUT2D eigenvalue weighted by Crippen LogP contribution is -2.46. The SMILES string of the molecule is C[N+](C)(CCO)CCN[C]=O. The van der Waals surface area contributed by atoms with Gasteiger partial charge in [-0.25, -0.2) is 0 Å². The van der Waals surface area contributed by atoms with Gasteiger partial charge in [0, 0.05) is 0 Å². The first kappa shape index (κ1) is 10.4. The second-order valence-electron chi connectivity index (χ2n) is 3.14. The number of quaternary nitrogens is 1. The Morgan fingerprint density at radius 3 is 2.55 bits per heavy atom. The summed E-state index contributed by atoms with van der Waals surface area (Å²) >= 11 is 0. The van der Waals surface area contributed by atoms with E-state index in [2.05, 4.69) is 5.32 Å². The van der Waals surface area contributed by atoms with Crippen LogP contribution in [0.1, 0.15) is 0 Å². The molecule has 0 aromatic rings. The van der Waals surface area contributed by atoms with Crippen LogP contribution in [0.3, 0.4) is 0 Å². The van der Waals surface area contributed by atoms with Gasteiger partial charge in [-0.2, -0.15) is 0 Å². The molecule has 0 saturated heterocycles. The highest BCUT2D eigenvalue weighted by Gasteiger charge is 2.12. The Morgan fingerprint density at radius 2 is 2.09 bits per heavy atom. The minimum atomic E-state index is 0.178. The van der Waals surface area contributed by atoms with Crippen molar-refractivity contribution in [1.29, 1.82) is 0 Å². The monoisotopic (exact) mass is 160 g/mol. The molecule has 0 aliphatic heterocycles. The molecule has 11 heavy (non-hydrogen) atoms. The molecule has 0 bridgehead atoms. The third-order valence-electron chi connectivity index (χ3n) is 1.62. The zero-order valence-electron chi connectivity index (χ0n) is 7.13. The van der Waals surface area contributed by atoms with Crippen LogP contribution in [0.4, 0.5) is 0 Å². The summed E-state index contributed by atoms with van der Waals surface area (Å²) in [5, 5.41) is 11.1. The molecule has 4 nitrogen and oxygen atoms in total. The lowest BCUT2D eigenvalue weighted by atomic mass is 10.4. The van der Waals surface area contributed by atoms with E-state index in [-0.39, 0.29) is 6.61 Å². The number of hydrogen-bond donors (Lipinski definition) is 2. The quantitative estimate of drug-likeness (QED) is 0.288. The van der Waals surface area contributed by atoms with Gasteiger partial charge >= 0.3 is 6.41 Å². The summed E-state index contributed by atoms with van der Waals surface area (Å²) in [6, 6.07) is 0. The Bertz CT molecular complexity index is 115. The second kappa shape index (κ2) is 5.09. The topological polar surface area (TPSA) is 49.3 Å². The number of likely N-dealkylation sites (N-methyl/N-ethyl adjacent to an activating group) is 1. The molecule has 0 fully saturated rings. The lowest BCUT2D eigenvalue weighted by Gasteiger charge is -2.28. The molecular weight excluding hydrogens is 144 g/mol. The molecule has 0 unspecified atom stereocenters. The Kier molecular flexibility index (Phi) is 4.81. The van der Waals surface area contributed by atoms with Gasteiger partial charge in [0.05, 0.1) is 33.8 Å². The molecule has 4 heteroatoms. The van der Waals surface area contributed by atoms with Gasteiger partial charge in [-0.3, -0.25) is 4.79 Å². The molecule has 0 atom stereocenters. The van der Waals surface area contributed by atoms with E-state index in [1.54, 1.807) is 6.41 Å². The molecule has 1 amide bonds. The molecule has 0 aromatic heterocycles. The molecule has 65 valence electrons. The third-order valence-corrected chi connectivity index (χ3v) is 1.62. The largest absolute Gasteiger partial charge is 0.391 e. The molecule has 0 aromatic carbocycles. The van der Waals surface area contributed by atoms with Crippen LogP contribution < -0.4 is 5.32 Å². The summed E-state index contributed by atoms with van der Waals surface area (Å²) in [5.74, 6) is 0. The Labute approximate surface area is 67.4 Å². The molecule has 0 spiro atoms. The normalized spacial score (nSPS) is 11.2. The predicted octanol–water partition coefficient (Wildman–Crippen LogP) is -1.29. The fourth-order valence-corrected chi connectivity index (χ4v) is 0.792. The fraction of sp³-hybridized carbons (Fsp3) is 0.857. The van der Waals surface area contributed by atoms with Crippen LogP contribution in [0.15, 0.2) is 0 Å². The van der Waals surface area contributed by atoms with Crippen molar-refractivity contribution in [1.82, 2.24) is 5.32 Å². The third kappa shape index (κ3) is 5.82. The Hall–Kier alpha value is -0.610. The van der Waals surface area contributed by atoms with Crippen LogP contribution in [0.2, 0.25) is 0 Å². The maximum atomic E-state index is 9.76. The number of aliphatic hydroxyl groups is 1. The summed E-state index contributed by atoms with van der Waals surface area (Å²) in [6.45, 7) is 2.31. The van der Waals surface area contributed by atoms with E-state index in [1.165, 1.54) is 0 Å². The lowest BCUT2D eigenvalue weighted by molar-refractivity contribution is -0.889. The summed E-state index contributed by atoms with van der Waals surface area (Å²) in [6.07, 6.45) is 1.61. The van der Waals surface area contributed by atoms with Crippen LogP contribution in [0.25, 0.3) is 0 Å². The number of nitrogens with zero attached hydrogens (tertiary/aromatic N) is 1. The Balaban J connectivity index is 3.45. The molecule has 0 rings (SSSR count). The van der Waals surface area contributed by atoms with Crippen molar-refractivity contribution in [2.75, 3.05) is 40.3 Å². The van der Waals surface area contributed by atoms with Crippen molar-refractivity contribution in [2.24, 2.45) is 0 Å². The van der Waals surface area contributed by atoms with E-state index in [9.17, 15) is 4.79 Å².